The molecule has 0 aliphatic rings. The van der Waals surface area contributed by atoms with E-state index in [2.05, 4.69) is 0 Å². The number of carboxylic acids is 1. The molecule has 0 radical (unpaired) electrons. The van der Waals surface area contributed by atoms with Crippen LogP contribution in [0.4, 0.5) is 0 Å². The van der Waals surface area contributed by atoms with Gasteiger partial charge in [-0.2, -0.15) is 0 Å². The van der Waals surface area contributed by atoms with Gasteiger partial charge in [0.2, 0.25) is 0 Å². The lowest BCUT2D eigenvalue weighted by molar-refractivity contribution is -0.136. The van der Waals surface area contributed by atoms with Gasteiger partial charge >= 0.3 is 5.97 Å². The van der Waals surface area contributed by atoms with Crippen LogP contribution in [0.3, 0.4) is 0 Å². The molecule has 5 nitrogen and oxygen atoms in total. The van der Waals surface area contributed by atoms with E-state index in [9.17, 15) is 4.79 Å². The highest BCUT2D eigenvalue weighted by Gasteiger charge is 2.00. The number of carboxylic acid groups (broad SMARTS) is 1. The minimum atomic E-state index is -0.838. The van der Waals surface area contributed by atoms with Gasteiger partial charge in [-0.25, -0.2) is 0 Å². The summed E-state index contributed by atoms with van der Waals surface area (Å²) < 4.78 is 15.5. The van der Waals surface area contributed by atoms with Crippen LogP contribution in [0.25, 0.3) is 0 Å². The van der Waals surface area contributed by atoms with Crippen molar-refractivity contribution in [2.45, 2.75) is 6.42 Å². The van der Waals surface area contributed by atoms with Gasteiger partial charge < -0.3 is 19.3 Å². The van der Waals surface area contributed by atoms with Crippen LogP contribution < -0.4 is 4.74 Å². The molecule has 0 fully saturated rings. The molecular formula is C13H18O5. The Morgan fingerprint density at radius 1 is 1.11 bits per heavy atom. The molecule has 0 aliphatic carbocycles. The van der Waals surface area contributed by atoms with Crippen LogP contribution >= 0.6 is 0 Å². The summed E-state index contributed by atoms with van der Waals surface area (Å²) in [7, 11) is 1.62. The Morgan fingerprint density at radius 3 is 2.39 bits per heavy atom. The summed E-state index contributed by atoms with van der Waals surface area (Å²) in [5.41, 5.74) is 0.756. The number of carbonyl (C=O) groups is 1. The average Bonchev–Trinajstić information content (AvgIpc) is 2.35. The first kappa shape index (κ1) is 14.5. The Morgan fingerprint density at radius 2 is 1.78 bits per heavy atom. The smallest absolute Gasteiger partial charge is 0.307 e. The Kier molecular flexibility index (Phi) is 6.83. The topological polar surface area (TPSA) is 65.0 Å². The molecule has 0 aliphatic heterocycles. The van der Waals surface area contributed by atoms with Gasteiger partial charge in [0, 0.05) is 7.11 Å². The third-order valence-corrected chi connectivity index (χ3v) is 2.21. The minimum absolute atomic E-state index is 0.0282. The zero-order valence-electron chi connectivity index (χ0n) is 10.4. The highest BCUT2D eigenvalue weighted by molar-refractivity contribution is 5.70. The normalized spacial score (nSPS) is 10.3. The van der Waals surface area contributed by atoms with Crippen LogP contribution in [0, 0.1) is 0 Å². The Hall–Kier alpha value is -1.59. The quantitative estimate of drug-likeness (QED) is 0.674. The Balaban J connectivity index is 2.20. The van der Waals surface area contributed by atoms with E-state index in [1.165, 1.54) is 0 Å². The zero-order valence-corrected chi connectivity index (χ0v) is 10.4. The van der Waals surface area contributed by atoms with Gasteiger partial charge in [-0.05, 0) is 17.7 Å². The van der Waals surface area contributed by atoms with Gasteiger partial charge in [0.05, 0.1) is 26.2 Å². The molecule has 0 saturated heterocycles. The van der Waals surface area contributed by atoms with Crippen molar-refractivity contribution >= 4 is 5.97 Å². The van der Waals surface area contributed by atoms with Crippen molar-refractivity contribution in [1.82, 2.24) is 0 Å². The predicted molar refractivity (Wildman–Crippen MR) is 66.0 cm³/mol. The van der Waals surface area contributed by atoms with E-state index in [-0.39, 0.29) is 6.42 Å². The van der Waals surface area contributed by atoms with E-state index in [4.69, 9.17) is 19.3 Å². The number of hydrogen-bond donors (Lipinski definition) is 1. The van der Waals surface area contributed by atoms with Crippen molar-refractivity contribution in [1.29, 1.82) is 0 Å². The third kappa shape index (κ3) is 6.22. The van der Waals surface area contributed by atoms with Gasteiger partial charge in [0.1, 0.15) is 12.4 Å². The summed E-state index contributed by atoms with van der Waals surface area (Å²) >= 11 is 0. The standard InChI is InChI=1S/C13H18O5/c1-16-6-7-17-8-9-18-12-4-2-11(3-5-12)10-13(14)15/h2-5H,6-10H2,1H3,(H,14,15). The highest BCUT2D eigenvalue weighted by Crippen LogP contribution is 2.12. The maximum atomic E-state index is 10.5. The summed E-state index contributed by atoms with van der Waals surface area (Å²) in [6.45, 7) is 2.09. The minimum Gasteiger partial charge on any atom is -0.491 e. The number of ether oxygens (including phenoxy) is 3. The molecular weight excluding hydrogens is 236 g/mol. The molecule has 0 heterocycles. The zero-order chi connectivity index (χ0) is 13.2. The first-order chi connectivity index (χ1) is 8.72. The van der Waals surface area contributed by atoms with Crippen molar-refractivity contribution < 1.29 is 24.1 Å². The van der Waals surface area contributed by atoms with Crippen LogP contribution in [-0.4, -0.2) is 44.6 Å². The summed E-state index contributed by atoms with van der Waals surface area (Å²) in [5, 5.41) is 8.62. The summed E-state index contributed by atoms with van der Waals surface area (Å²) in [6.07, 6.45) is 0.0282. The third-order valence-electron chi connectivity index (χ3n) is 2.21. The average molecular weight is 254 g/mol. The lowest BCUT2D eigenvalue weighted by Gasteiger charge is -2.07. The lowest BCUT2D eigenvalue weighted by atomic mass is 10.1. The SMILES string of the molecule is COCCOCCOc1ccc(CC(=O)O)cc1. The van der Waals surface area contributed by atoms with E-state index in [0.717, 1.165) is 5.56 Å². The van der Waals surface area contributed by atoms with Gasteiger partial charge in [-0.15, -0.1) is 0 Å². The summed E-state index contributed by atoms with van der Waals surface area (Å²) in [5.74, 6) is -0.130. The largest absolute Gasteiger partial charge is 0.491 e. The molecule has 0 unspecified atom stereocenters. The van der Waals surface area contributed by atoms with Gasteiger partial charge in [0.15, 0.2) is 0 Å². The highest BCUT2D eigenvalue weighted by atomic mass is 16.5. The van der Waals surface area contributed by atoms with Crippen LogP contribution in [0.5, 0.6) is 5.75 Å². The predicted octanol–water partition coefficient (Wildman–Crippen LogP) is 1.36. The van der Waals surface area contributed by atoms with Crippen LogP contribution in [-0.2, 0) is 20.7 Å². The monoisotopic (exact) mass is 254 g/mol. The molecule has 0 saturated carbocycles. The maximum absolute atomic E-state index is 10.5. The first-order valence-electron chi connectivity index (χ1n) is 5.72. The van der Waals surface area contributed by atoms with E-state index in [1.54, 1.807) is 31.4 Å². The molecule has 0 amide bonds. The van der Waals surface area contributed by atoms with Crippen molar-refractivity contribution in [3.63, 3.8) is 0 Å². The fraction of sp³-hybridized carbons (Fsp3) is 0.462. The number of methoxy groups -OCH3 is 1. The molecule has 5 heteroatoms. The van der Waals surface area contributed by atoms with Crippen LogP contribution in [0.1, 0.15) is 5.56 Å². The molecule has 18 heavy (non-hydrogen) atoms. The molecule has 0 bridgehead atoms. The first-order valence-corrected chi connectivity index (χ1v) is 5.72. The molecule has 0 aromatic heterocycles. The van der Waals surface area contributed by atoms with Crippen LogP contribution in [0.2, 0.25) is 0 Å². The molecule has 1 N–H and O–H groups in total. The van der Waals surface area contributed by atoms with E-state index in [0.29, 0.717) is 32.2 Å². The molecule has 100 valence electrons. The van der Waals surface area contributed by atoms with Crippen molar-refractivity contribution in [3.05, 3.63) is 29.8 Å². The van der Waals surface area contributed by atoms with Gasteiger partial charge in [-0.1, -0.05) is 12.1 Å². The summed E-state index contributed by atoms with van der Waals surface area (Å²) in [4.78, 5) is 10.5. The van der Waals surface area contributed by atoms with Crippen molar-refractivity contribution in [2.75, 3.05) is 33.5 Å². The summed E-state index contributed by atoms with van der Waals surface area (Å²) in [6, 6.07) is 7.01. The van der Waals surface area contributed by atoms with Crippen molar-refractivity contribution in [2.24, 2.45) is 0 Å². The number of benzene rings is 1. The van der Waals surface area contributed by atoms with E-state index < -0.39 is 5.97 Å². The second-order valence-corrected chi connectivity index (χ2v) is 3.67. The fourth-order valence-electron chi connectivity index (χ4n) is 1.34. The van der Waals surface area contributed by atoms with Gasteiger partial charge in [0.25, 0.3) is 0 Å². The maximum Gasteiger partial charge on any atom is 0.307 e. The number of rotatable bonds is 9. The molecule has 1 aromatic carbocycles. The lowest BCUT2D eigenvalue weighted by Crippen LogP contribution is -2.10. The molecule has 1 aromatic rings. The van der Waals surface area contributed by atoms with E-state index >= 15 is 0 Å². The molecule has 0 atom stereocenters. The van der Waals surface area contributed by atoms with Crippen LogP contribution in [0.15, 0.2) is 24.3 Å². The van der Waals surface area contributed by atoms with E-state index in [1.807, 2.05) is 0 Å². The second kappa shape index (κ2) is 8.49. The second-order valence-electron chi connectivity index (χ2n) is 3.67. The van der Waals surface area contributed by atoms with Crippen molar-refractivity contribution in [3.8, 4) is 5.75 Å². The fourth-order valence-corrected chi connectivity index (χ4v) is 1.34. The molecule has 1 rings (SSSR count). The Bertz CT molecular complexity index is 347. The number of aliphatic carboxylic acids is 1. The number of hydrogen-bond acceptors (Lipinski definition) is 4. The molecule has 0 spiro atoms. The Labute approximate surface area is 106 Å². The van der Waals surface area contributed by atoms with Gasteiger partial charge in [-0.3, -0.25) is 4.79 Å².